The van der Waals surface area contributed by atoms with Gasteiger partial charge in [-0.15, -0.1) is 0 Å². The van der Waals surface area contributed by atoms with Crippen LogP contribution in [0.2, 0.25) is 0 Å². The molecule has 0 spiro atoms. The number of para-hydroxylation sites is 1. The van der Waals surface area contributed by atoms with Gasteiger partial charge in [-0.2, -0.15) is 13.2 Å². The number of hydrogen-bond acceptors (Lipinski definition) is 4. The molecule has 2 aromatic rings. The lowest BCUT2D eigenvalue weighted by Gasteiger charge is -2.13. The van der Waals surface area contributed by atoms with Crippen molar-refractivity contribution in [2.45, 2.75) is 16.9 Å². The van der Waals surface area contributed by atoms with Crippen LogP contribution < -0.4 is 5.32 Å². The molecule has 2 N–H and O–H groups in total. The van der Waals surface area contributed by atoms with E-state index in [1.165, 1.54) is 30.7 Å². The number of nitrogens with one attached hydrogen (secondary N) is 2. The highest BCUT2D eigenvalue weighted by Crippen LogP contribution is 2.34. The average molecular weight is 305 g/mol. The predicted molar refractivity (Wildman–Crippen MR) is 65.6 cm³/mol. The monoisotopic (exact) mass is 305 g/mol. The molecule has 0 radical (unpaired) electrons. The molecule has 0 saturated heterocycles. The van der Waals surface area contributed by atoms with Crippen molar-refractivity contribution in [2.75, 3.05) is 5.32 Å². The highest BCUT2D eigenvalue weighted by atomic mass is 32.2. The molecule has 108 valence electrons. The molecule has 9 heteroatoms. The van der Waals surface area contributed by atoms with Crippen LogP contribution in [0.1, 0.15) is 5.69 Å². The SMILES string of the molecule is O=S(=O)(c1ccccc1NCc1cnc[nH]1)C(F)(F)F. The van der Waals surface area contributed by atoms with E-state index in [-0.39, 0.29) is 12.2 Å². The summed E-state index contributed by atoms with van der Waals surface area (Å²) >= 11 is 0. The zero-order chi connectivity index (χ0) is 14.8. The first kappa shape index (κ1) is 14.4. The third kappa shape index (κ3) is 2.77. The van der Waals surface area contributed by atoms with Crippen LogP contribution in [0.25, 0.3) is 0 Å². The molecule has 1 aromatic carbocycles. The lowest BCUT2D eigenvalue weighted by atomic mass is 10.3. The summed E-state index contributed by atoms with van der Waals surface area (Å²) in [6.07, 6.45) is 2.89. The fraction of sp³-hybridized carbons (Fsp3) is 0.182. The molecule has 0 aliphatic carbocycles. The Hall–Kier alpha value is -2.03. The third-order valence-corrected chi connectivity index (χ3v) is 4.05. The number of anilines is 1. The number of aromatic nitrogens is 2. The Balaban J connectivity index is 2.32. The highest BCUT2D eigenvalue weighted by Gasteiger charge is 2.47. The van der Waals surface area contributed by atoms with E-state index in [9.17, 15) is 21.6 Å². The van der Waals surface area contributed by atoms with Crippen LogP contribution in [0.3, 0.4) is 0 Å². The zero-order valence-corrected chi connectivity index (χ0v) is 10.8. The summed E-state index contributed by atoms with van der Waals surface area (Å²) in [5, 5.41) is 2.64. The summed E-state index contributed by atoms with van der Waals surface area (Å²) in [5.41, 5.74) is -4.83. The van der Waals surface area contributed by atoms with E-state index in [4.69, 9.17) is 0 Å². The highest BCUT2D eigenvalue weighted by molar-refractivity contribution is 7.92. The third-order valence-electron chi connectivity index (χ3n) is 2.51. The van der Waals surface area contributed by atoms with Crippen LogP contribution in [-0.4, -0.2) is 23.9 Å². The van der Waals surface area contributed by atoms with Gasteiger partial charge in [0.15, 0.2) is 0 Å². The number of alkyl halides is 3. The first-order valence-electron chi connectivity index (χ1n) is 5.44. The molecule has 20 heavy (non-hydrogen) atoms. The van der Waals surface area contributed by atoms with E-state index in [2.05, 4.69) is 15.3 Å². The first-order valence-corrected chi connectivity index (χ1v) is 6.92. The van der Waals surface area contributed by atoms with Gasteiger partial charge in [0.1, 0.15) is 0 Å². The van der Waals surface area contributed by atoms with Gasteiger partial charge in [-0.05, 0) is 12.1 Å². The molecule has 0 aliphatic heterocycles. The zero-order valence-electron chi connectivity index (χ0n) is 9.98. The number of halogens is 3. The van der Waals surface area contributed by atoms with Crippen LogP contribution >= 0.6 is 0 Å². The molecular weight excluding hydrogens is 295 g/mol. The largest absolute Gasteiger partial charge is 0.501 e. The number of H-pyrrole nitrogens is 1. The molecule has 2 rings (SSSR count). The Bertz CT molecular complexity index is 681. The van der Waals surface area contributed by atoms with E-state index >= 15 is 0 Å². The topological polar surface area (TPSA) is 74.8 Å². The van der Waals surface area contributed by atoms with Gasteiger partial charge in [0, 0.05) is 6.20 Å². The van der Waals surface area contributed by atoms with Crippen LogP contribution in [0, 0.1) is 0 Å². The van der Waals surface area contributed by atoms with Gasteiger partial charge in [0.2, 0.25) is 0 Å². The summed E-state index contributed by atoms with van der Waals surface area (Å²) in [6, 6.07) is 4.87. The molecule has 0 bridgehead atoms. The standard InChI is InChI=1S/C11H10F3N3O2S/c12-11(13,14)20(18,19)10-4-2-1-3-9(10)16-6-8-5-15-7-17-8/h1-5,7,16H,6H2,(H,15,17). The van der Waals surface area contributed by atoms with Crippen molar-refractivity contribution in [1.29, 1.82) is 0 Å². The number of hydrogen-bond donors (Lipinski definition) is 2. The fourth-order valence-electron chi connectivity index (χ4n) is 1.54. The lowest BCUT2D eigenvalue weighted by molar-refractivity contribution is -0.0435. The Morgan fingerprint density at radius 3 is 2.55 bits per heavy atom. The summed E-state index contributed by atoms with van der Waals surface area (Å²) in [5.74, 6) is 0. The van der Waals surface area contributed by atoms with Crippen molar-refractivity contribution in [1.82, 2.24) is 9.97 Å². The first-order chi connectivity index (χ1) is 9.32. The van der Waals surface area contributed by atoms with Gasteiger partial charge in [0.25, 0.3) is 9.84 Å². The molecule has 0 unspecified atom stereocenters. The van der Waals surface area contributed by atoms with Gasteiger partial charge in [0.05, 0.1) is 29.1 Å². The molecule has 0 atom stereocenters. The summed E-state index contributed by atoms with van der Waals surface area (Å²) < 4.78 is 60.6. The second kappa shape index (κ2) is 5.16. The van der Waals surface area contributed by atoms with Crippen molar-refractivity contribution >= 4 is 15.5 Å². The quantitative estimate of drug-likeness (QED) is 0.909. The van der Waals surface area contributed by atoms with E-state index in [1.807, 2.05) is 0 Å². The van der Waals surface area contributed by atoms with Gasteiger partial charge >= 0.3 is 5.51 Å². The molecule has 0 fully saturated rings. The van der Waals surface area contributed by atoms with E-state index < -0.39 is 20.2 Å². The summed E-state index contributed by atoms with van der Waals surface area (Å²) in [4.78, 5) is 5.70. The minimum Gasteiger partial charge on any atom is -0.378 e. The van der Waals surface area contributed by atoms with Crippen molar-refractivity contribution in [3.05, 3.63) is 42.5 Å². The molecule has 1 aromatic heterocycles. The lowest BCUT2D eigenvalue weighted by Crippen LogP contribution is -2.24. The normalized spacial score (nSPS) is 12.3. The Kier molecular flexibility index (Phi) is 3.71. The second-order valence-corrected chi connectivity index (χ2v) is 5.79. The minimum absolute atomic E-state index is 0.112. The van der Waals surface area contributed by atoms with Crippen molar-refractivity contribution < 1.29 is 21.6 Å². The Morgan fingerprint density at radius 1 is 1.25 bits per heavy atom. The van der Waals surface area contributed by atoms with E-state index in [0.717, 1.165) is 6.07 Å². The molecular formula is C11H10F3N3O2S. The molecule has 0 aliphatic rings. The van der Waals surface area contributed by atoms with Gasteiger partial charge in [-0.25, -0.2) is 13.4 Å². The molecule has 1 heterocycles. The smallest absolute Gasteiger partial charge is 0.378 e. The minimum atomic E-state index is -5.39. The fourth-order valence-corrected chi connectivity index (χ4v) is 2.48. The van der Waals surface area contributed by atoms with Crippen LogP contribution in [0.5, 0.6) is 0 Å². The van der Waals surface area contributed by atoms with Gasteiger partial charge in [-0.1, -0.05) is 12.1 Å². The Morgan fingerprint density at radius 2 is 1.95 bits per heavy atom. The van der Waals surface area contributed by atoms with Gasteiger partial charge in [-0.3, -0.25) is 0 Å². The number of nitrogens with zero attached hydrogens (tertiary/aromatic N) is 1. The van der Waals surface area contributed by atoms with Crippen LogP contribution in [-0.2, 0) is 16.4 Å². The molecule has 0 amide bonds. The number of imidazole rings is 1. The number of sulfone groups is 1. The maximum absolute atomic E-state index is 12.6. The number of aromatic amines is 1. The van der Waals surface area contributed by atoms with Crippen LogP contribution in [0.4, 0.5) is 18.9 Å². The number of benzene rings is 1. The second-order valence-electron chi connectivity index (χ2n) is 3.88. The van der Waals surface area contributed by atoms with E-state index in [1.54, 1.807) is 0 Å². The summed E-state index contributed by atoms with van der Waals surface area (Å²) in [6.45, 7) is 0.129. The average Bonchev–Trinajstić information content (AvgIpc) is 2.88. The molecule has 0 saturated carbocycles. The maximum atomic E-state index is 12.6. The molecule has 5 nitrogen and oxygen atoms in total. The van der Waals surface area contributed by atoms with Crippen molar-refractivity contribution in [3.8, 4) is 0 Å². The van der Waals surface area contributed by atoms with E-state index in [0.29, 0.717) is 5.69 Å². The van der Waals surface area contributed by atoms with Crippen molar-refractivity contribution in [2.24, 2.45) is 0 Å². The summed E-state index contributed by atoms with van der Waals surface area (Å²) in [7, 11) is -5.39. The van der Waals surface area contributed by atoms with Crippen molar-refractivity contribution in [3.63, 3.8) is 0 Å². The Labute approximate surface area is 112 Å². The van der Waals surface area contributed by atoms with Gasteiger partial charge < -0.3 is 10.3 Å². The maximum Gasteiger partial charge on any atom is 0.501 e. The van der Waals surface area contributed by atoms with Crippen LogP contribution in [0.15, 0.2) is 41.7 Å². The predicted octanol–water partition coefficient (Wildman–Crippen LogP) is 2.32. The number of rotatable bonds is 4.